The summed E-state index contributed by atoms with van der Waals surface area (Å²) in [6.07, 6.45) is 5.37. The average molecular weight is 224 g/mol. The largest absolute Gasteiger partial charge is 0.273 e. The lowest BCUT2D eigenvalue weighted by atomic mass is 10.3. The minimum absolute atomic E-state index is 0.0886. The third kappa shape index (κ3) is 4.77. The van der Waals surface area contributed by atoms with E-state index in [2.05, 4.69) is 13.2 Å². The highest BCUT2D eigenvalue weighted by Gasteiger charge is 2.17. The monoisotopic (exact) mass is 224 g/mol. The highest BCUT2D eigenvalue weighted by molar-refractivity contribution is 5.81. The summed E-state index contributed by atoms with van der Waals surface area (Å²) >= 11 is 0. The molecule has 0 bridgehead atoms. The average Bonchev–Trinajstić information content (AvgIpc) is 2.30. The van der Waals surface area contributed by atoms with Gasteiger partial charge in [0.25, 0.3) is 0 Å². The maximum atomic E-state index is 11.6. The lowest BCUT2D eigenvalue weighted by Gasteiger charge is -2.28. The molecule has 90 valence electrons. The predicted octanol–water partition coefficient (Wildman–Crippen LogP) is 1.75. The van der Waals surface area contributed by atoms with E-state index in [-0.39, 0.29) is 11.8 Å². The Bertz CT molecular complexity index is 246. The van der Waals surface area contributed by atoms with Crippen LogP contribution in [0.2, 0.25) is 0 Å². The highest BCUT2D eigenvalue weighted by atomic mass is 16.2. The first-order valence-electron chi connectivity index (χ1n) is 5.29. The van der Waals surface area contributed by atoms with Crippen LogP contribution in [0.3, 0.4) is 0 Å². The predicted molar refractivity (Wildman–Crippen MR) is 64.4 cm³/mol. The first kappa shape index (κ1) is 14.4. The molecule has 0 fully saturated rings. The molecule has 0 atom stereocenters. The quantitative estimate of drug-likeness (QED) is 0.509. The fourth-order valence-corrected chi connectivity index (χ4v) is 1.11. The van der Waals surface area contributed by atoms with Gasteiger partial charge < -0.3 is 0 Å². The van der Waals surface area contributed by atoms with Crippen LogP contribution in [0.4, 0.5) is 0 Å². The highest BCUT2D eigenvalue weighted by Crippen LogP contribution is 2.03. The van der Waals surface area contributed by atoms with Gasteiger partial charge in [0.05, 0.1) is 0 Å². The molecule has 4 nitrogen and oxygen atoms in total. The maximum Gasteiger partial charge on any atom is 0.241 e. The molecule has 0 rings (SSSR count). The van der Waals surface area contributed by atoms with E-state index in [0.29, 0.717) is 25.7 Å². The summed E-state index contributed by atoms with van der Waals surface area (Å²) in [6, 6.07) is 0. The number of carbonyl (C=O) groups is 2. The van der Waals surface area contributed by atoms with Gasteiger partial charge in [-0.3, -0.25) is 19.6 Å². The Morgan fingerprint density at radius 1 is 0.938 bits per heavy atom. The van der Waals surface area contributed by atoms with Crippen molar-refractivity contribution in [3.05, 3.63) is 25.3 Å². The summed E-state index contributed by atoms with van der Waals surface area (Å²) in [7, 11) is 3.19. The number of nitrogens with zero attached hydrogens (tertiary/aromatic N) is 2. The molecule has 0 radical (unpaired) electrons. The Labute approximate surface area is 97.2 Å². The lowest BCUT2D eigenvalue weighted by Crippen LogP contribution is -2.44. The summed E-state index contributed by atoms with van der Waals surface area (Å²) in [5.41, 5.74) is 0. The van der Waals surface area contributed by atoms with Crippen molar-refractivity contribution in [2.45, 2.75) is 25.7 Å². The fraction of sp³-hybridized carbons (Fsp3) is 0.500. The third-order valence-electron chi connectivity index (χ3n) is 2.30. The standard InChI is InChI=1S/C12H20N2O2/c1-5-7-9-11(15)13(3)14(4)12(16)10-8-6-2/h5-6H,1-2,7-10H2,3-4H3. The summed E-state index contributed by atoms with van der Waals surface area (Å²) in [6.45, 7) is 7.10. The van der Waals surface area contributed by atoms with Crippen molar-refractivity contribution < 1.29 is 9.59 Å². The van der Waals surface area contributed by atoms with Gasteiger partial charge in [-0.15, -0.1) is 13.2 Å². The van der Waals surface area contributed by atoms with E-state index in [1.165, 1.54) is 10.0 Å². The molecule has 0 spiro atoms. The number of allylic oxidation sites excluding steroid dienone is 2. The summed E-state index contributed by atoms with van der Waals surface area (Å²) < 4.78 is 0. The molecule has 0 unspecified atom stereocenters. The van der Waals surface area contributed by atoms with Crippen LogP contribution in [0.5, 0.6) is 0 Å². The molecule has 0 N–H and O–H groups in total. The molecule has 2 amide bonds. The maximum absolute atomic E-state index is 11.6. The zero-order valence-corrected chi connectivity index (χ0v) is 10.1. The summed E-state index contributed by atoms with van der Waals surface area (Å²) in [5.74, 6) is -0.177. The molecule has 0 aromatic rings. The summed E-state index contributed by atoms with van der Waals surface area (Å²) in [4.78, 5) is 23.2. The molecule has 0 heterocycles. The number of carbonyl (C=O) groups excluding carboxylic acids is 2. The van der Waals surface area contributed by atoms with E-state index in [1.807, 2.05) is 0 Å². The van der Waals surface area contributed by atoms with E-state index in [4.69, 9.17) is 0 Å². The molecular formula is C12H20N2O2. The van der Waals surface area contributed by atoms with Gasteiger partial charge in [-0.1, -0.05) is 12.2 Å². The van der Waals surface area contributed by atoms with Crippen molar-refractivity contribution in [3.63, 3.8) is 0 Å². The van der Waals surface area contributed by atoms with Crippen molar-refractivity contribution in [2.24, 2.45) is 0 Å². The number of amides is 2. The van der Waals surface area contributed by atoms with E-state index < -0.39 is 0 Å². The second-order valence-corrected chi connectivity index (χ2v) is 3.49. The molecule has 0 aliphatic carbocycles. The van der Waals surface area contributed by atoms with E-state index in [0.717, 1.165) is 0 Å². The molecule has 0 saturated carbocycles. The van der Waals surface area contributed by atoms with Crippen LogP contribution in [-0.2, 0) is 9.59 Å². The van der Waals surface area contributed by atoms with Crippen molar-refractivity contribution in [1.29, 1.82) is 0 Å². The third-order valence-corrected chi connectivity index (χ3v) is 2.30. The van der Waals surface area contributed by atoms with Gasteiger partial charge in [-0.05, 0) is 12.8 Å². The van der Waals surface area contributed by atoms with Crippen molar-refractivity contribution >= 4 is 11.8 Å². The van der Waals surface area contributed by atoms with E-state index in [9.17, 15) is 9.59 Å². The molecule has 4 heteroatoms. The Hall–Kier alpha value is -1.58. The molecule has 0 aliphatic rings. The van der Waals surface area contributed by atoms with Crippen LogP contribution in [0.25, 0.3) is 0 Å². The van der Waals surface area contributed by atoms with Crippen molar-refractivity contribution in [1.82, 2.24) is 10.0 Å². The van der Waals surface area contributed by atoms with E-state index in [1.54, 1.807) is 26.2 Å². The Balaban J connectivity index is 4.19. The van der Waals surface area contributed by atoms with E-state index >= 15 is 0 Å². The number of hydrogen-bond donors (Lipinski definition) is 0. The first-order chi connectivity index (χ1) is 7.54. The normalized spacial score (nSPS) is 9.38. The van der Waals surface area contributed by atoms with Crippen LogP contribution in [0, 0.1) is 0 Å². The minimum Gasteiger partial charge on any atom is -0.273 e. The minimum atomic E-state index is -0.0886. The van der Waals surface area contributed by atoms with Gasteiger partial charge in [0.1, 0.15) is 0 Å². The Kier molecular flexibility index (Phi) is 6.92. The zero-order chi connectivity index (χ0) is 12.6. The van der Waals surface area contributed by atoms with Gasteiger partial charge in [0.15, 0.2) is 0 Å². The Morgan fingerprint density at radius 2 is 1.25 bits per heavy atom. The lowest BCUT2D eigenvalue weighted by molar-refractivity contribution is -0.157. The number of hydrazine groups is 1. The van der Waals surface area contributed by atoms with Gasteiger partial charge in [0.2, 0.25) is 11.8 Å². The van der Waals surface area contributed by atoms with Crippen molar-refractivity contribution in [2.75, 3.05) is 14.1 Å². The number of rotatable bonds is 6. The second-order valence-electron chi connectivity index (χ2n) is 3.49. The molecule has 0 saturated heterocycles. The van der Waals surface area contributed by atoms with Crippen LogP contribution in [-0.4, -0.2) is 35.9 Å². The molecular weight excluding hydrogens is 204 g/mol. The molecule has 16 heavy (non-hydrogen) atoms. The topological polar surface area (TPSA) is 40.6 Å². The molecule has 0 aromatic heterocycles. The van der Waals surface area contributed by atoms with Gasteiger partial charge in [-0.25, -0.2) is 0 Å². The van der Waals surface area contributed by atoms with Gasteiger partial charge in [-0.2, -0.15) is 0 Å². The van der Waals surface area contributed by atoms with Gasteiger partial charge >= 0.3 is 0 Å². The fourth-order valence-electron chi connectivity index (χ4n) is 1.11. The second kappa shape index (κ2) is 7.68. The van der Waals surface area contributed by atoms with Crippen LogP contribution in [0.1, 0.15) is 25.7 Å². The van der Waals surface area contributed by atoms with Crippen LogP contribution in [0.15, 0.2) is 25.3 Å². The van der Waals surface area contributed by atoms with Crippen molar-refractivity contribution in [3.8, 4) is 0 Å². The SMILES string of the molecule is C=CCCC(=O)N(C)N(C)C(=O)CCC=C. The van der Waals surface area contributed by atoms with Crippen LogP contribution >= 0.6 is 0 Å². The molecule has 0 aliphatic heterocycles. The zero-order valence-electron chi connectivity index (χ0n) is 10.1. The smallest absolute Gasteiger partial charge is 0.241 e. The molecule has 0 aromatic carbocycles. The summed E-state index contributed by atoms with van der Waals surface area (Å²) in [5, 5.41) is 2.68. The first-order valence-corrected chi connectivity index (χ1v) is 5.29. The van der Waals surface area contributed by atoms with Gasteiger partial charge in [0, 0.05) is 26.9 Å². The number of hydrogen-bond acceptors (Lipinski definition) is 2. The van der Waals surface area contributed by atoms with Crippen LogP contribution < -0.4 is 0 Å². The Morgan fingerprint density at radius 3 is 1.50 bits per heavy atom.